The highest BCUT2D eigenvalue weighted by Gasteiger charge is 2.41. The highest BCUT2D eigenvalue weighted by molar-refractivity contribution is 6.30. The molecular weight excluding hydrogens is 593 g/mol. The zero-order valence-corrected chi connectivity index (χ0v) is 20.7. The molecule has 0 bridgehead atoms. The van der Waals surface area contributed by atoms with E-state index in [1.54, 1.807) is 0 Å². The van der Waals surface area contributed by atoms with Crippen molar-refractivity contribution < 1.29 is 57.9 Å². The fraction of sp³-hybridized carbons (Fsp3) is 0.333. The van der Waals surface area contributed by atoms with Crippen molar-refractivity contribution in [2.45, 2.75) is 50.4 Å². The maximum atomic E-state index is 14.9. The first-order valence-electron chi connectivity index (χ1n) is 11.0. The van der Waals surface area contributed by atoms with E-state index in [4.69, 9.17) is 11.6 Å². The molecule has 0 aromatic heterocycles. The lowest BCUT2D eigenvalue weighted by Crippen LogP contribution is -2.46. The van der Waals surface area contributed by atoms with E-state index in [0.29, 0.717) is 30.3 Å². The number of halogens is 12. The van der Waals surface area contributed by atoms with Gasteiger partial charge in [0.1, 0.15) is 17.6 Å². The minimum atomic E-state index is -5.31. The molecule has 0 aliphatic rings. The lowest BCUT2D eigenvalue weighted by atomic mass is 9.95. The molecule has 2 aromatic rings. The van der Waals surface area contributed by atoms with Gasteiger partial charge in [-0.15, -0.1) is 0 Å². The minimum absolute atomic E-state index is 0.0443. The van der Waals surface area contributed by atoms with Crippen LogP contribution in [0.1, 0.15) is 52.7 Å². The molecule has 1 unspecified atom stereocenters. The third-order valence-electron chi connectivity index (χ3n) is 5.17. The average molecular weight is 611 g/mol. The van der Waals surface area contributed by atoms with Gasteiger partial charge in [-0.2, -0.15) is 39.5 Å². The zero-order valence-electron chi connectivity index (χ0n) is 20.0. The second kappa shape index (κ2) is 12.4. The number of amides is 2. The number of nitrogens with one attached hydrogen (secondary N) is 2. The maximum Gasteiger partial charge on any atom is 0.417 e. The first-order valence-corrected chi connectivity index (χ1v) is 11.3. The number of carbonyl (C=O) groups excluding carboxylic acids is 2. The van der Waals surface area contributed by atoms with Crippen molar-refractivity contribution in [1.82, 2.24) is 10.6 Å². The van der Waals surface area contributed by atoms with E-state index in [-0.39, 0.29) is 12.1 Å². The Morgan fingerprint density at radius 2 is 1.57 bits per heavy atom. The van der Waals surface area contributed by atoms with E-state index in [2.05, 4.69) is 0 Å². The number of rotatable bonds is 8. The molecule has 220 valence electrons. The van der Waals surface area contributed by atoms with Crippen molar-refractivity contribution in [2.75, 3.05) is 0 Å². The molecule has 0 aliphatic carbocycles. The van der Waals surface area contributed by atoms with Crippen molar-refractivity contribution in [3.63, 3.8) is 0 Å². The summed E-state index contributed by atoms with van der Waals surface area (Å²) in [5.74, 6) is -8.18. The van der Waals surface area contributed by atoms with Crippen LogP contribution in [0.4, 0.5) is 48.3 Å². The third-order valence-corrected chi connectivity index (χ3v) is 5.46. The summed E-state index contributed by atoms with van der Waals surface area (Å²) in [5, 5.41) is 3.15. The highest BCUT2D eigenvalue weighted by Crippen LogP contribution is 2.40. The molecule has 40 heavy (non-hydrogen) atoms. The molecule has 2 aromatic carbocycles. The predicted molar refractivity (Wildman–Crippen MR) is 121 cm³/mol. The summed E-state index contributed by atoms with van der Waals surface area (Å²) in [4.78, 5) is 24.0. The highest BCUT2D eigenvalue weighted by atomic mass is 35.5. The van der Waals surface area contributed by atoms with Crippen molar-refractivity contribution in [1.29, 1.82) is 0 Å². The van der Waals surface area contributed by atoms with Gasteiger partial charge in [-0.3, -0.25) is 9.59 Å². The van der Waals surface area contributed by atoms with Gasteiger partial charge in [0.25, 0.3) is 5.91 Å². The van der Waals surface area contributed by atoms with Crippen LogP contribution in [0.2, 0.25) is 5.02 Å². The Hall–Kier alpha value is -3.36. The fourth-order valence-corrected chi connectivity index (χ4v) is 3.52. The minimum Gasteiger partial charge on any atom is -0.336 e. The van der Waals surface area contributed by atoms with E-state index in [9.17, 15) is 57.9 Å². The van der Waals surface area contributed by atoms with Gasteiger partial charge in [0.15, 0.2) is 0 Å². The summed E-state index contributed by atoms with van der Waals surface area (Å²) in [7, 11) is 0. The molecule has 2 N–H and O–H groups in total. The smallest absolute Gasteiger partial charge is 0.336 e. The number of allylic oxidation sites excluding steroid dienone is 1. The largest absolute Gasteiger partial charge is 0.417 e. The van der Waals surface area contributed by atoms with Crippen LogP contribution < -0.4 is 10.6 Å². The molecule has 0 saturated carbocycles. The van der Waals surface area contributed by atoms with Crippen LogP contribution in [-0.2, 0) is 11.0 Å². The molecule has 0 fully saturated rings. The molecule has 0 saturated heterocycles. The van der Waals surface area contributed by atoms with Gasteiger partial charge in [0.2, 0.25) is 5.91 Å². The average Bonchev–Trinajstić information content (AvgIpc) is 2.80. The molecule has 0 radical (unpaired) electrons. The molecule has 2 amide bonds. The van der Waals surface area contributed by atoms with E-state index < -0.39 is 94.2 Å². The van der Waals surface area contributed by atoms with Crippen molar-refractivity contribution in [3.05, 3.63) is 75.6 Å². The molecule has 4 nitrogen and oxygen atoms in total. The summed E-state index contributed by atoms with van der Waals surface area (Å²) in [6.07, 6.45) is -19.1. The quantitative estimate of drug-likeness (QED) is 0.238. The second-order valence-corrected chi connectivity index (χ2v) is 8.75. The van der Waals surface area contributed by atoms with E-state index in [0.717, 1.165) is 6.92 Å². The Balaban J connectivity index is 2.36. The molecule has 0 spiro atoms. The van der Waals surface area contributed by atoms with Crippen LogP contribution in [0, 0.1) is 5.82 Å². The zero-order chi connectivity index (χ0) is 30.6. The lowest BCUT2D eigenvalue weighted by molar-refractivity contribution is -0.144. The van der Waals surface area contributed by atoms with Crippen LogP contribution in [0.5, 0.6) is 0 Å². The summed E-state index contributed by atoms with van der Waals surface area (Å²) in [6.45, 7) is 1.05. The molecule has 0 aliphatic heterocycles. The Morgan fingerprint density at radius 3 is 2.10 bits per heavy atom. The van der Waals surface area contributed by atoms with Crippen LogP contribution in [-0.4, -0.2) is 30.3 Å². The van der Waals surface area contributed by atoms with Crippen molar-refractivity contribution in [3.8, 4) is 0 Å². The van der Waals surface area contributed by atoms with Crippen LogP contribution >= 0.6 is 11.6 Å². The van der Waals surface area contributed by atoms with Gasteiger partial charge in [-0.05, 0) is 42.8 Å². The molecule has 0 heterocycles. The number of carbonyl (C=O) groups is 2. The Bertz CT molecular complexity index is 1270. The number of hydrogen-bond acceptors (Lipinski definition) is 2. The maximum absolute atomic E-state index is 14.9. The predicted octanol–water partition coefficient (Wildman–Crippen LogP) is 7.69. The van der Waals surface area contributed by atoms with Crippen LogP contribution in [0.25, 0.3) is 5.83 Å². The van der Waals surface area contributed by atoms with Gasteiger partial charge in [-0.25, -0.2) is 8.78 Å². The summed E-state index contributed by atoms with van der Waals surface area (Å²) < 4.78 is 147. The molecule has 2 atom stereocenters. The summed E-state index contributed by atoms with van der Waals surface area (Å²) in [5.41, 5.74) is -4.56. The first kappa shape index (κ1) is 32.8. The standard InChI is InChI=1S/C24H18ClF11N2O2/c1-11(37-20(39)6-7-22(28,29)30)38-21(40)14-4-2-13(8-16(14)24(34,35)36)19(27)10-15(23(31,32)33)12-3-5-18(26)17(25)9-12/h2-5,8-11,15H,6-7H2,1H3,(H,37,39)(H,38,40)/b19-10-/t11-,15?/m1/s1. The van der Waals surface area contributed by atoms with E-state index >= 15 is 0 Å². The number of benzene rings is 2. The van der Waals surface area contributed by atoms with Gasteiger partial charge in [0.05, 0.1) is 28.7 Å². The van der Waals surface area contributed by atoms with Crippen LogP contribution in [0.15, 0.2) is 42.5 Å². The van der Waals surface area contributed by atoms with Gasteiger partial charge < -0.3 is 10.6 Å². The van der Waals surface area contributed by atoms with Crippen molar-refractivity contribution >= 4 is 29.2 Å². The van der Waals surface area contributed by atoms with Gasteiger partial charge in [0, 0.05) is 12.0 Å². The molecule has 2 rings (SSSR count). The third kappa shape index (κ3) is 9.38. The molecular formula is C24H18ClF11N2O2. The van der Waals surface area contributed by atoms with Crippen LogP contribution in [0.3, 0.4) is 0 Å². The first-order chi connectivity index (χ1) is 18.2. The Morgan fingerprint density at radius 1 is 0.950 bits per heavy atom. The SMILES string of the molecule is C[C@H](NC(=O)CCC(F)(F)F)NC(=O)c1ccc(/C(F)=C/C(c2ccc(F)c(Cl)c2)C(F)(F)F)cc1C(F)(F)F. The second-order valence-electron chi connectivity index (χ2n) is 8.34. The van der Waals surface area contributed by atoms with E-state index in [1.807, 2.05) is 10.6 Å². The van der Waals surface area contributed by atoms with Crippen molar-refractivity contribution in [2.24, 2.45) is 0 Å². The topological polar surface area (TPSA) is 58.2 Å². The fourth-order valence-electron chi connectivity index (χ4n) is 3.33. The summed E-state index contributed by atoms with van der Waals surface area (Å²) in [6, 6.07) is 2.98. The normalized spacial score (nSPS) is 14.5. The lowest BCUT2D eigenvalue weighted by Gasteiger charge is -2.20. The van der Waals surface area contributed by atoms with Gasteiger partial charge in [-0.1, -0.05) is 23.7 Å². The monoisotopic (exact) mass is 610 g/mol. The van der Waals surface area contributed by atoms with Gasteiger partial charge >= 0.3 is 18.5 Å². The number of alkyl halides is 9. The van der Waals surface area contributed by atoms with E-state index in [1.165, 1.54) is 0 Å². The Kier molecular flexibility index (Phi) is 10.2. The molecule has 16 heteroatoms. The summed E-state index contributed by atoms with van der Waals surface area (Å²) >= 11 is 5.49. The number of hydrogen-bond donors (Lipinski definition) is 2. The Labute approximate surface area is 224 Å².